The third kappa shape index (κ3) is 3.39. The van der Waals surface area contributed by atoms with Gasteiger partial charge in [-0.25, -0.2) is 0 Å². The van der Waals surface area contributed by atoms with Crippen LogP contribution in [0.1, 0.15) is 39.2 Å². The second-order valence-corrected chi connectivity index (χ2v) is 6.37. The van der Waals surface area contributed by atoms with Gasteiger partial charge >= 0.3 is 0 Å². The lowest BCUT2D eigenvalue weighted by molar-refractivity contribution is 0.162. The van der Waals surface area contributed by atoms with Crippen molar-refractivity contribution in [1.29, 1.82) is 0 Å². The summed E-state index contributed by atoms with van der Waals surface area (Å²) in [7, 11) is 0. The van der Waals surface area contributed by atoms with Crippen LogP contribution >= 0.6 is 11.6 Å². The first-order chi connectivity index (χ1) is 8.47. The second-order valence-electron chi connectivity index (χ2n) is 5.96. The molecule has 3 heteroatoms. The van der Waals surface area contributed by atoms with Gasteiger partial charge < -0.3 is 10.1 Å². The highest BCUT2D eigenvalue weighted by Crippen LogP contribution is 2.32. The van der Waals surface area contributed by atoms with Crippen LogP contribution in [0.2, 0.25) is 5.02 Å². The number of benzene rings is 1. The molecule has 0 saturated carbocycles. The van der Waals surface area contributed by atoms with Crippen LogP contribution in [-0.2, 0) is 5.41 Å². The molecular formula is C15H22ClNO. The van der Waals surface area contributed by atoms with Gasteiger partial charge in [0.2, 0.25) is 0 Å². The van der Waals surface area contributed by atoms with Crippen LogP contribution in [0.15, 0.2) is 18.2 Å². The molecule has 1 aliphatic heterocycles. The van der Waals surface area contributed by atoms with Crippen LogP contribution in [0.25, 0.3) is 0 Å². The predicted octanol–water partition coefficient (Wildman–Crippen LogP) is 3.77. The van der Waals surface area contributed by atoms with Gasteiger partial charge in [0.25, 0.3) is 0 Å². The molecule has 1 aromatic carbocycles. The fraction of sp³-hybridized carbons (Fsp3) is 0.600. The molecule has 18 heavy (non-hydrogen) atoms. The number of hydrogen-bond donors (Lipinski definition) is 1. The molecule has 2 rings (SSSR count). The smallest absolute Gasteiger partial charge is 0.138 e. The minimum Gasteiger partial charge on any atom is -0.489 e. The Morgan fingerprint density at radius 1 is 1.22 bits per heavy atom. The zero-order chi connectivity index (χ0) is 13.2. The lowest BCUT2D eigenvalue weighted by atomic mass is 9.87. The molecule has 0 unspecified atom stereocenters. The average Bonchev–Trinajstić information content (AvgIpc) is 2.32. The van der Waals surface area contributed by atoms with Crippen molar-refractivity contribution in [3.8, 4) is 5.75 Å². The van der Waals surface area contributed by atoms with Crippen LogP contribution in [0.5, 0.6) is 5.75 Å². The summed E-state index contributed by atoms with van der Waals surface area (Å²) in [5, 5.41) is 4.05. The molecule has 0 atom stereocenters. The molecule has 1 N–H and O–H groups in total. The third-order valence-electron chi connectivity index (χ3n) is 3.38. The summed E-state index contributed by atoms with van der Waals surface area (Å²) in [6.45, 7) is 8.62. The van der Waals surface area contributed by atoms with E-state index in [9.17, 15) is 0 Å². The van der Waals surface area contributed by atoms with Crippen molar-refractivity contribution in [1.82, 2.24) is 5.32 Å². The topological polar surface area (TPSA) is 21.3 Å². The molecule has 1 aliphatic rings. The summed E-state index contributed by atoms with van der Waals surface area (Å²) < 4.78 is 5.98. The summed E-state index contributed by atoms with van der Waals surface area (Å²) in [6.07, 6.45) is 2.40. The normalized spacial score (nSPS) is 17.8. The van der Waals surface area contributed by atoms with Crippen LogP contribution in [0, 0.1) is 0 Å². The largest absolute Gasteiger partial charge is 0.489 e. The van der Waals surface area contributed by atoms with Gasteiger partial charge in [0.15, 0.2) is 0 Å². The molecule has 1 heterocycles. The lowest BCUT2D eigenvalue weighted by Gasteiger charge is -2.25. The Hall–Kier alpha value is -0.730. The Balaban J connectivity index is 2.09. The fourth-order valence-corrected chi connectivity index (χ4v) is 2.38. The van der Waals surface area contributed by atoms with Gasteiger partial charge in [-0.3, -0.25) is 0 Å². The molecule has 1 fully saturated rings. The Morgan fingerprint density at radius 2 is 1.89 bits per heavy atom. The number of rotatable bonds is 2. The summed E-state index contributed by atoms with van der Waals surface area (Å²) in [6, 6.07) is 6.14. The zero-order valence-electron chi connectivity index (χ0n) is 11.4. The number of piperidine rings is 1. The van der Waals surface area contributed by atoms with Crippen LogP contribution < -0.4 is 10.1 Å². The highest BCUT2D eigenvalue weighted by Gasteiger charge is 2.18. The van der Waals surface area contributed by atoms with E-state index in [1.54, 1.807) is 0 Å². The Morgan fingerprint density at radius 3 is 2.44 bits per heavy atom. The van der Waals surface area contributed by atoms with E-state index in [4.69, 9.17) is 16.3 Å². The molecule has 0 bridgehead atoms. The van der Waals surface area contributed by atoms with Gasteiger partial charge in [-0.05, 0) is 49.0 Å². The van der Waals surface area contributed by atoms with Crippen molar-refractivity contribution < 1.29 is 4.74 Å². The van der Waals surface area contributed by atoms with Crippen molar-refractivity contribution in [3.63, 3.8) is 0 Å². The van der Waals surface area contributed by atoms with Crippen molar-refractivity contribution in [3.05, 3.63) is 28.8 Å². The molecule has 0 aliphatic carbocycles. The van der Waals surface area contributed by atoms with Gasteiger partial charge in [-0.1, -0.05) is 38.4 Å². The van der Waals surface area contributed by atoms with Gasteiger partial charge in [0.1, 0.15) is 11.9 Å². The first-order valence-electron chi connectivity index (χ1n) is 6.64. The molecule has 100 valence electrons. The molecule has 0 radical (unpaired) electrons. The highest BCUT2D eigenvalue weighted by atomic mass is 35.5. The minimum absolute atomic E-state index is 0.122. The molecule has 2 nitrogen and oxygen atoms in total. The standard InChI is InChI=1S/C15H22ClNO/c1-15(2,3)11-4-5-14(13(16)10-11)18-12-6-8-17-9-7-12/h4-5,10,12,17H,6-9H2,1-3H3. The fourth-order valence-electron chi connectivity index (χ4n) is 2.16. The summed E-state index contributed by atoms with van der Waals surface area (Å²) in [5.74, 6) is 0.816. The van der Waals surface area contributed by atoms with Gasteiger partial charge in [-0.2, -0.15) is 0 Å². The lowest BCUT2D eigenvalue weighted by Crippen LogP contribution is -2.34. The Bertz CT molecular complexity index is 405. The van der Waals surface area contributed by atoms with E-state index in [1.807, 2.05) is 12.1 Å². The monoisotopic (exact) mass is 267 g/mol. The van der Waals surface area contributed by atoms with Crippen LogP contribution in [0.3, 0.4) is 0 Å². The molecule has 1 aromatic rings. The minimum atomic E-state index is 0.122. The number of ether oxygens (including phenoxy) is 1. The van der Waals surface area contributed by atoms with Gasteiger partial charge in [0, 0.05) is 0 Å². The van der Waals surface area contributed by atoms with Crippen LogP contribution in [0.4, 0.5) is 0 Å². The van der Waals surface area contributed by atoms with Crippen molar-refractivity contribution in [2.24, 2.45) is 0 Å². The van der Waals surface area contributed by atoms with E-state index in [2.05, 4.69) is 32.2 Å². The number of hydrogen-bond acceptors (Lipinski definition) is 2. The molecule has 0 spiro atoms. The van der Waals surface area contributed by atoms with Crippen molar-refractivity contribution in [2.45, 2.75) is 45.1 Å². The molecular weight excluding hydrogens is 246 g/mol. The second kappa shape index (κ2) is 5.50. The number of halogens is 1. The number of nitrogens with one attached hydrogen (secondary N) is 1. The van der Waals surface area contributed by atoms with Gasteiger partial charge in [-0.15, -0.1) is 0 Å². The maximum Gasteiger partial charge on any atom is 0.138 e. The maximum absolute atomic E-state index is 6.31. The van der Waals surface area contributed by atoms with E-state index in [0.717, 1.165) is 36.7 Å². The highest BCUT2D eigenvalue weighted by molar-refractivity contribution is 6.32. The van der Waals surface area contributed by atoms with E-state index in [-0.39, 0.29) is 5.41 Å². The first kappa shape index (κ1) is 13.7. The average molecular weight is 268 g/mol. The van der Waals surface area contributed by atoms with E-state index >= 15 is 0 Å². The SMILES string of the molecule is CC(C)(C)c1ccc(OC2CCNCC2)c(Cl)c1. The first-order valence-corrected chi connectivity index (χ1v) is 7.02. The van der Waals surface area contributed by atoms with Crippen molar-refractivity contribution >= 4 is 11.6 Å². The molecule has 0 aromatic heterocycles. The van der Waals surface area contributed by atoms with E-state index in [0.29, 0.717) is 6.10 Å². The van der Waals surface area contributed by atoms with Crippen LogP contribution in [-0.4, -0.2) is 19.2 Å². The van der Waals surface area contributed by atoms with Gasteiger partial charge in [0.05, 0.1) is 5.02 Å². The predicted molar refractivity (Wildman–Crippen MR) is 76.7 cm³/mol. The third-order valence-corrected chi connectivity index (χ3v) is 3.67. The summed E-state index contributed by atoms with van der Waals surface area (Å²) >= 11 is 6.31. The quantitative estimate of drug-likeness (QED) is 0.881. The van der Waals surface area contributed by atoms with E-state index in [1.165, 1.54) is 5.56 Å². The van der Waals surface area contributed by atoms with E-state index < -0.39 is 0 Å². The summed E-state index contributed by atoms with van der Waals surface area (Å²) in [4.78, 5) is 0. The Kier molecular flexibility index (Phi) is 4.18. The molecule has 1 saturated heterocycles. The van der Waals surface area contributed by atoms with Crippen molar-refractivity contribution in [2.75, 3.05) is 13.1 Å². The maximum atomic E-state index is 6.31. The molecule has 0 amide bonds. The Labute approximate surface area is 115 Å². The zero-order valence-corrected chi connectivity index (χ0v) is 12.2. The summed E-state index contributed by atoms with van der Waals surface area (Å²) in [5.41, 5.74) is 1.36.